The van der Waals surface area contributed by atoms with Gasteiger partial charge in [0.05, 0.1) is 11.4 Å². The zero-order chi connectivity index (χ0) is 21.5. The van der Waals surface area contributed by atoms with Crippen molar-refractivity contribution in [1.82, 2.24) is 15.5 Å². The molecular weight excluding hydrogens is 409 g/mol. The number of thioether (sulfide) groups is 1. The highest BCUT2D eigenvalue weighted by atomic mass is 32.2. The molecule has 2 N–H and O–H groups in total. The molecule has 2 aromatic rings. The quantitative estimate of drug-likeness (QED) is 0.662. The Kier molecular flexibility index (Phi) is 6.97. The molecule has 1 fully saturated rings. The minimum Gasteiger partial charge on any atom is -0.353 e. The van der Waals surface area contributed by atoms with Crippen LogP contribution in [0, 0.1) is 5.82 Å². The van der Waals surface area contributed by atoms with Gasteiger partial charge in [-0.05, 0) is 41.6 Å². The van der Waals surface area contributed by atoms with Crippen LogP contribution in [0.5, 0.6) is 0 Å². The Morgan fingerprint density at radius 3 is 2.53 bits per heavy atom. The van der Waals surface area contributed by atoms with Gasteiger partial charge >= 0.3 is 0 Å². The number of hydrogen-bond acceptors (Lipinski definition) is 5. The number of nitrogens with zero attached hydrogens (tertiary/aromatic N) is 1. The third-order valence-electron chi connectivity index (χ3n) is 4.12. The summed E-state index contributed by atoms with van der Waals surface area (Å²) in [7, 11) is 0. The molecule has 1 saturated heterocycles. The van der Waals surface area contributed by atoms with Crippen LogP contribution in [-0.2, 0) is 9.59 Å². The van der Waals surface area contributed by atoms with Gasteiger partial charge in [0.2, 0.25) is 5.91 Å². The summed E-state index contributed by atoms with van der Waals surface area (Å²) >= 11 is 0.847. The maximum atomic E-state index is 13.1. The first-order chi connectivity index (χ1) is 14.4. The molecule has 1 aliphatic heterocycles. The van der Waals surface area contributed by atoms with Crippen LogP contribution in [0.4, 0.5) is 9.18 Å². The van der Waals surface area contributed by atoms with Gasteiger partial charge in [0.15, 0.2) is 0 Å². The van der Waals surface area contributed by atoms with Crippen molar-refractivity contribution >= 4 is 40.8 Å². The highest BCUT2D eigenvalue weighted by Crippen LogP contribution is 2.31. The van der Waals surface area contributed by atoms with E-state index in [1.807, 2.05) is 30.3 Å². The van der Waals surface area contributed by atoms with E-state index in [9.17, 15) is 23.6 Å². The molecular formula is C21H18FN3O4S. The Morgan fingerprint density at radius 2 is 1.80 bits per heavy atom. The molecule has 0 aliphatic carbocycles. The summed E-state index contributed by atoms with van der Waals surface area (Å²) in [6.07, 6.45) is 1.64. The molecule has 0 atom stereocenters. The van der Waals surface area contributed by atoms with Gasteiger partial charge in [-0.3, -0.25) is 24.1 Å². The highest BCUT2D eigenvalue weighted by molar-refractivity contribution is 8.18. The monoisotopic (exact) mass is 427 g/mol. The van der Waals surface area contributed by atoms with Crippen molar-refractivity contribution in [1.29, 1.82) is 0 Å². The van der Waals surface area contributed by atoms with E-state index in [1.54, 1.807) is 6.08 Å². The number of nitrogens with one attached hydrogen (secondary N) is 2. The van der Waals surface area contributed by atoms with Crippen LogP contribution in [0.1, 0.15) is 15.9 Å². The maximum Gasteiger partial charge on any atom is 0.293 e. The molecule has 0 spiro atoms. The van der Waals surface area contributed by atoms with Crippen LogP contribution in [0.15, 0.2) is 59.5 Å². The molecule has 1 heterocycles. The summed E-state index contributed by atoms with van der Waals surface area (Å²) < 4.78 is 13.1. The van der Waals surface area contributed by atoms with Crippen molar-refractivity contribution in [2.75, 3.05) is 19.6 Å². The van der Waals surface area contributed by atoms with Crippen LogP contribution < -0.4 is 10.6 Å². The molecule has 154 valence electrons. The van der Waals surface area contributed by atoms with Crippen molar-refractivity contribution in [2.24, 2.45) is 0 Å². The van der Waals surface area contributed by atoms with Gasteiger partial charge in [-0.25, -0.2) is 4.39 Å². The van der Waals surface area contributed by atoms with Crippen molar-refractivity contribution in [3.63, 3.8) is 0 Å². The lowest BCUT2D eigenvalue weighted by molar-refractivity contribution is -0.124. The van der Waals surface area contributed by atoms with E-state index in [4.69, 9.17) is 0 Å². The smallest absolute Gasteiger partial charge is 0.293 e. The second-order valence-electron chi connectivity index (χ2n) is 6.29. The minimum absolute atomic E-state index is 0.0143. The van der Waals surface area contributed by atoms with Gasteiger partial charge < -0.3 is 10.6 Å². The first-order valence-electron chi connectivity index (χ1n) is 9.05. The number of hydrogen-bond donors (Lipinski definition) is 2. The SMILES string of the molecule is O=C(CNC(=O)c1cccc(F)c1)NCCN1C(=O)S/C(=C\c2ccccc2)C1=O. The Hall–Kier alpha value is -3.46. The van der Waals surface area contributed by atoms with Crippen LogP contribution in [-0.4, -0.2) is 47.5 Å². The van der Waals surface area contributed by atoms with E-state index in [0.29, 0.717) is 4.91 Å². The zero-order valence-electron chi connectivity index (χ0n) is 15.8. The van der Waals surface area contributed by atoms with E-state index in [0.717, 1.165) is 28.3 Å². The van der Waals surface area contributed by atoms with E-state index in [-0.39, 0.29) is 25.2 Å². The molecule has 0 unspecified atom stereocenters. The second kappa shape index (κ2) is 9.84. The van der Waals surface area contributed by atoms with Crippen LogP contribution >= 0.6 is 11.8 Å². The lowest BCUT2D eigenvalue weighted by Gasteiger charge is -2.13. The predicted molar refractivity (Wildman–Crippen MR) is 111 cm³/mol. The number of amides is 4. The van der Waals surface area contributed by atoms with Gasteiger partial charge in [0.25, 0.3) is 17.1 Å². The average molecular weight is 427 g/mol. The minimum atomic E-state index is -0.582. The number of benzene rings is 2. The molecule has 9 heteroatoms. The van der Waals surface area contributed by atoms with Gasteiger partial charge in [0.1, 0.15) is 5.82 Å². The number of carbonyl (C=O) groups excluding carboxylic acids is 4. The molecule has 0 saturated carbocycles. The zero-order valence-corrected chi connectivity index (χ0v) is 16.6. The summed E-state index contributed by atoms with van der Waals surface area (Å²) in [4.78, 5) is 49.7. The Bertz CT molecular complexity index is 1010. The van der Waals surface area contributed by atoms with E-state index >= 15 is 0 Å². The summed E-state index contributed by atoms with van der Waals surface area (Å²) in [6.45, 7) is -0.253. The molecule has 7 nitrogen and oxygen atoms in total. The standard InChI is InChI=1S/C21H18FN3O4S/c22-16-8-4-7-15(12-16)19(27)24-13-18(26)23-9-10-25-20(28)17(30-21(25)29)11-14-5-2-1-3-6-14/h1-8,11-12H,9-10,13H2,(H,23,26)(H,24,27)/b17-11-. The summed E-state index contributed by atoms with van der Waals surface area (Å²) in [6, 6.07) is 14.3. The first-order valence-corrected chi connectivity index (χ1v) is 9.86. The maximum absolute atomic E-state index is 13.1. The van der Waals surface area contributed by atoms with Crippen molar-refractivity contribution < 1.29 is 23.6 Å². The largest absolute Gasteiger partial charge is 0.353 e. The predicted octanol–water partition coefficient (Wildman–Crippen LogP) is 2.41. The van der Waals surface area contributed by atoms with Gasteiger partial charge in [-0.2, -0.15) is 0 Å². The second-order valence-corrected chi connectivity index (χ2v) is 7.28. The molecule has 3 rings (SSSR count). The number of halogens is 1. The van der Waals surface area contributed by atoms with Gasteiger partial charge in [-0.15, -0.1) is 0 Å². The molecule has 2 aromatic carbocycles. The normalized spacial score (nSPS) is 14.8. The third-order valence-corrected chi connectivity index (χ3v) is 5.03. The van der Waals surface area contributed by atoms with Crippen molar-refractivity contribution in [2.45, 2.75) is 0 Å². The lowest BCUT2D eigenvalue weighted by Crippen LogP contribution is -2.41. The van der Waals surface area contributed by atoms with Gasteiger partial charge in [-0.1, -0.05) is 36.4 Å². The fourth-order valence-corrected chi connectivity index (χ4v) is 3.52. The highest BCUT2D eigenvalue weighted by Gasteiger charge is 2.34. The van der Waals surface area contributed by atoms with Crippen LogP contribution in [0.25, 0.3) is 6.08 Å². The van der Waals surface area contributed by atoms with E-state index < -0.39 is 28.8 Å². The Morgan fingerprint density at radius 1 is 1.03 bits per heavy atom. The number of carbonyl (C=O) groups is 4. The topological polar surface area (TPSA) is 95.6 Å². The molecule has 0 aromatic heterocycles. The first kappa shape index (κ1) is 21.3. The lowest BCUT2D eigenvalue weighted by atomic mass is 10.2. The molecule has 30 heavy (non-hydrogen) atoms. The summed E-state index contributed by atoms with van der Waals surface area (Å²) in [5.41, 5.74) is 0.913. The fraction of sp³-hybridized carbons (Fsp3) is 0.143. The van der Waals surface area contributed by atoms with Gasteiger partial charge in [0, 0.05) is 18.7 Å². The molecule has 1 aliphatic rings. The van der Waals surface area contributed by atoms with Crippen molar-refractivity contribution in [3.8, 4) is 0 Å². The van der Waals surface area contributed by atoms with Crippen LogP contribution in [0.2, 0.25) is 0 Å². The number of rotatable bonds is 7. The van der Waals surface area contributed by atoms with E-state index in [1.165, 1.54) is 18.2 Å². The fourth-order valence-electron chi connectivity index (χ4n) is 2.66. The molecule has 0 bridgehead atoms. The molecule has 0 radical (unpaired) electrons. The van der Waals surface area contributed by atoms with E-state index in [2.05, 4.69) is 10.6 Å². The van der Waals surface area contributed by atoms with Crippen LogP contribution in [0.3, 0.4) is 0 Å². The average Bonchev–Trinajstić information content (AvgIpc) is 3.00. The number of imide groups is 1. The third kappa shape index (κ3) is 5.54. The summed E-state index contributed by atoms with van der Waals surface area (Å²) in [5.74, 6) is -2.04. The Labute approximate surface area is 176 Å². The Balaban J connectivity index is 1.45. The summed E-state index contributed by atoms with van der Waals surface area (Å²) in [5, 5.41) is 4.50. The molecule has 4 amide bonds. The van der Waals surface area contributed by atoms with Crippen molar-refractivity contribution in [3.05, 3.63) is 76.4 Å².